The summed E-state index contributed by atoms with van der Waals surface area (Å²) in [5.74, 6) is -0.167. The van der Waals surface area contributed by atoms with E-state index in [9.17, 15) is 14.4 Å². The molecule has 0 radical (unpaired) electrons. The Morgan fingerprint density at radius 3 is 2.84 bits per heavy atom. The lowest BCUT2D eigenvalue weighted by molar-refractivity contribution is -0.140. The van der Waals surface area contributed by atoms with E-state index in [1.807, 2.05) is 13.8 Å². The van der Waals surface area contributed by atoms with Crippen LogP contribution in [0.4, 0.5) is 5.95 Å². The van der Waals surface area contributed by atoms with Crippen LogP contribution in [-0.4, -0.2) is 63.3 Å². The Balaban J connectivity index is 1.73. The summed E-state index contributed by atoms with van der Waals surface area (Å²) in [6, 6.07) is -0.272. The Morgan fingerprint density at radius 1 is 1.36 bits per heavy atom. The van der Waals surface area contributed by atoms with Gasteiger partial charge in [0.25, 0.3) is 5.56 Å². The number of fused-ring (bicyclic) bond motifs is 1. The van der Waals surface area contributed by atoms with Crippen molar-refractivity contribution in [1.82, 2.24) is 25.1 Å². The van der Waals surface area contributed by atoms with Crippen molar-refractivity contribution >= 4 is 17.8 Å². The first-order valence-electron chi connectivity index (χ1n) is 8.55. The van der Waals surface area contributed by atoms with Gasteiger partial charge in [-0.25, -0.2) is 4.98 Å². The van der Waals surface area contributed by atoms with E-state index in [2.05, 4.69) is 20.2 Å². The van der Waals surface area contributed by atoms with Gasteiger partial charge in [-0.05, 0) is 20.3 Å². The van der Waals surface area contributed by atoms with E-state index in [-0.39, 0.29) is 42.3 Å². The molecule has 1 atom stereocenters. The summed E-state index contributed by atoms with van der Waals surface area (Å²) in [5.41, 5.74) is 6.47. The number of carbonyl (C=O) groups excluding carboxylic acids is 2. The largest absolute Gasteiger partial charge is 0.369 e. The average Bonchev–Trinajstić information content (AvgIpc) is 2.55. The van der Waals surface area contributed by atoms with Crippen LogP contribution in [0.25, 0.3) is 0 Å². The SMILES string of the molecule is CC(C)N1CCNC(=O)C1CC(=O)N1CCc2c(nc(N)[nH]c2=O)C1. The highest BCUT2D eigenvalue weighted by molar-refractivity contribution is 5.89. The predicted molar refractivity (Wildman–Crippen MR) is 91.6 cm³/mol. The summed E-state index contributed by atoms with van der Waals surface area (Å²) >= 11 is 0. The fourth-order valence-electron chi connectivity index (χ4n) is 3.53. The number of amides is 2. The second-order valence-corrected chi connectivity index (χ2v) is 6.78. The third-order valence-corrected chi connectivity index (χ3v) is 4.85. The predicted octanol–water partition coefficient (Wildman–Crippen LogP) is -1.16. The molecule has 1 saturated heterocycles. The minimum Gasteiger partial charge on any atom is -0.369 e. The van der Waals surface area contributed by atoms with Crippen LogP contribution in [-0.2, 0) is 22.6 Å². The number of hydrogen-bond acceptors (Lipinski definition) is 6. The van der Waals surface area contributed by atoms with Gasteiger partial charge in [0.2, 0.25) is 17.8 Å². The summed E-state index contributed by atoms with van der Waals surface area (Å²) in [6.45, 7) is 6.07. The number of hydrogen-bond donors (Lipinski definition) is 3. The van der Waals surface area contributed by atoms with Crippen LogP contribution in [0, 0.1) is 0 Å². The van der Waals surface area contributed by atoms with Crippen LogP contribution in [0.2, 0.25) is 0 Å². The first kappa shape index (κ1) is 17.4. The number of rotatable bonds is 3. The molecule has 0 saturated carbocycles. The molecule has 136 valence electrons. The molecule has 1 unspecified atom stereocenters. The van der Waals surface area contributed by atoms with Crippen LogP contribution >= 0.6 is 0 Å². The normalized spacial score (nSPS) is 21.2. The van der Waals surface area contributed by atoms with Gasteiger partial charge in [-0.15, -0.1) is 0 Å². The number of nitrogens with one attached hydrogen (secondary N) is 2. The molecule has 3 rings (SSSR count). The number of anilines is 1. The summed E-state index contributed by atoms with van der Waals surface area (Å²) in [7, 11) is 0. The first-order chi connectivity index (χ1) is 11.9. The van der Waals surface area contributed by atoms with Gasteiger partial charge in [0.05, 0.1) is 24.7 Å². The fraction of sp³-hybridized carbons (Fsp3) is 0.625. The zero-order valence-electron chi connectivity index (χ0n) is 14.5. The maximum atomic E-state index is 12.7. The summed E-state index contributed by atoms with van der Waals surface area (Å²) in [4.78, 5) is 47.2. The van der Waals surface area contributed by atoms with Crippen molar-refractivity contribution in [2.75, 3.05) is 25.4 Å². The average molecular weight is 348 g/mol. The monoisotopic (exact) mass is 348 g/mol. The summed E-state index contributed by atoms with van der Waals surface area (Å²) in [5, 5.41) is 2.83. The molecule has 25 heavy (non-hydrogen) atoms. The molecule has 9 nitrogen and oxygen atoms in total. The second-order valence-electron chi connectivity index (χ2n) is 6.78. The molecule has 1 aromatic rings. The Labute approximate surface area is 145 Å². The number of H-pyrrole nitrogens is 1. The zero-order valence-corrected chi connectivity index (χ0v) is 14.5. The number of nitrogen functional groups attached to an aromatic ring is 1. The number of carbonyl (C=O) groups is 2. The van der Waals surface area contributed by atoms with Gasteiger partial charge in [-0.2, -0.15) is 0 Å². The number of piperazine rings is 1. The molecule has 0 aromatic carbocycles. The molecule has 2 aliphatic heterocycles. The van der Waals surface area contributed by atoms with E-state index < -0.39 is 6.04 Å². The van der Waals surface area contributed by atoms with Gasteiger partial charge in [-0.3, -0.25) is 24.3 Å². The van der Waals surface area contributed by atoms with E-state index in [1.165, 1.54) is 0 Å². The zero-order chi connectivity index (χ0) is 18.1. The molecule has 0 aliphatic carbocycles. The van der Waals surface area contributed by atoms with Crippen molar-refractivity contribution in [2.24, 2.45) is 0 Å². The molecule has 1 fully saturated rings. The third kappa shape index (κ3) is 3.51. The summed E-state index contributed by atoms with van der Waals surface area (Å²) < 4.78 is 0. The van der Waals surface area contributed by atoms with Gasteiger partial charge in [-0.1, -0.05) is 0 Å². The number of nitrogens with two attached hydrogens (primary N) is 1. The standard InChI is InChI=1S/C16H24N6O3/c1-9(2)22-6-4-18-15(25)12(22)7-13(23)21-5-3-10-11(8-21)19-16(17)20-14(10)24/h9,12H,3-8H2,1-2H3,(H,18,25)(H3,17,19,20,24). The first-order valence-corrected chi connectivity index (χ1v) is 8.55. The third-order valence-electron chi connectivity index (χ3n) is 4.85. The van der Waals surface area contributed by atoms with Crippen molar-refractivity contribution in [1.29, 1.82) is 0 Å². The van der Waals surface area contributed by atoms with Crippen molar-refractivity contribution in [3.63, 3.8) is 0 Å². The maximum absolute atomic E-state index is 12.7. The van der Waals surface area contributed by atoms with Gasteiger partial charge < -0.3 is 16.0 Å². The fourth-order valence-corrected chi connectivity index (χ4v) is 3.53. The molecule has 2 amide bonds. The van der Waals surface area contributed by atoms with E-state index in [0.29, 0.717) is 30.8 Å². The Bertz CT molecular complexity index is 744. The number of aromatic nitrogens is 2. The Kier molecular flexibility index (Phi) is 4.76. The lowest BCUT2D eigenvalue weighted by atomic mass is 10.0. The van der Waals surface area contributed by atoms with Crippen LogP contribution < -0.4 is 16.6 Å². The lowest BCUT2D eigenvalue weighted by Crippen LogP contribution is -2.58. The van der Waals surface area contributed by atoms with Crippen molar-refractivity contribution in [3.8, 4) is 0 Å². The molecule has 0 bridgehead atoms. The minimum absolute atomic E-state index is 0.0516. The number of aromatic amines is 1. The molecular weight excluding hydrogens is 324 g/mol. The quantitative estimate of drug-likeness (QED) is 0.633. The molecule has 1 aromatic heterocycles. The van der Waals surface area contributed by atoms with Crippen molar-refractivity contribution in [3.05, 3.63) is 21.6 Å². The van der Waals surface area contributed by atoms with Crippen LogP contribution in [0.3, 0.4) is 0 Å². The van der Waals surface area contributed by atoms with Crippen molar-refractivity contribution < 1.29 is 9.59 Å². The van der Waals surface area contributed by atoms with Crippen LogP contribution in [0.1, 0.15) is 31.5 Å². The topological polar surface area (TPSA) is 124 Å². The van der Waals surface area contributed by atoms with Gasteiger partial charge >= 0.3 is 0 Å². The highest BCUT2D eigenvalue weighted by atomic mass is 16.2. The molecule has 4 N–H and O–H groups in total. The maximum Gasteiger partial charge on any atom is 0.255 e. The Morgan fingerprint density at radius 2 is 2.12 bits per heavy atom. The molecule has 2 aliphatic rings. The molecular formula is C16H24N6O3. The highest BCUT2D eigenvalue weighted by Crippen LogP contribution is 2.18. The van der Waals surface area contributed by atoms with Gasteiger partial charge in [0.15, 0.2) is 0 Å². The van der Waals surface area contributed by atoms with E-state index >= 15 is 0 Å². The van der Waals surface area contributed by atoms with E-state index in [0.717, 1.165) is 6.54 Å². The second kappa shape index (κ2) is 6.83. The smallest absolute Gasteiger partial charge is 0.255 e. The molecule has 9 heteroatoms. The molecule has 3 heterocycles. The van der Waals surface area contributed by atoms with Gasteiger partial charge in [0.1, 0.15) is 0 Å². The van der Waals surface area contributed by atoms with Crippen molar-refractivity contribution in [2.45, 2.75) is 45.3 Å². The minimum atomic E-state index is -0.458. The van der Waals surface area contributed by atoms with Crippen LogP contribution in [0.15, 0.2) is 4.79 Å². The van der Waals surface area contributed by atoms with E-state index in [4.69, 9.17) is 5.73 Å². The number of nitrogens with zero attached hydrogens (tertiary/aromatic N) is 3. The highest BCUT2D eigenvalue weighted by Gasteiger charge is 2.35. The molecule has 0 spiro atoms. The summed E-state index contributed by atoms with van der Waals surface area (Å²) in [6.07, 6.45) is 0.562. The Hall–Kier alpha value is -2.42. The van der Waals surface area contributed by atoms with Gasteiger partial charge in [0, 0.05) is 31.2 Å². The van der Waals surface area contributed by atoms with Crippen LogP contribution in [0.5, 0.6) is 0 Å². The lowest BCUT2D eigenvalue weighted by Gasteiger charge is -2.38. The van der Waals surface area contributed by atoms with E-state index in [1.54, 1.807) is 4.90 Å².